The molecule has 0 aliphatic heterocycles. The first kappa shape index (κ1) is 14.2. The van der Waals surface area contributed by atoms with Gasteiger partial charge in [-0.1, -0.05) is 44.0 Å². The molecule has 0 unspecified atom stereocenters. The van der Waals surface area contributed by atoms with Crippen molar-refractivity contribution in [1.82, 2.24) is 0 Å². The van der Waals surface area contributed by atoms with E-state index in [0.717, 1.165) is 17.3 Å². The molecule has 0 aliphatic carbocycles. The van der Waals surface area contributed by atoms with Crippen molar-refractivity contribution in [2.45, 2.75) is 17.7 Å². The number of benzene rings is 1. The van der Waals surface area contributed by atoms with E-state index in [-0.39, 0.29) is 4.90 Å². The average Bonchev–Trinajstić information content (AvgIpc) is 2.19. The Bertz CT molecular complexity index is 457. The van der Waals surface area contributed by atoms with Crippen LogP contribution in [0, 0.1) is 0 Å². The van der Waals surface area contributed by atoms with Crippen LogP contribution in [0.3, 0.4) is 0 Å². The van der Waals surface area contributed by atoms with Gasteiger partial charge in [-0.15, -0.1) is 0 Å². The smallest absolute Gasteiger partial charge is 0.282 e. The lowest BCUT2D eigenvalue weighted by Gasteiger charge is -2.11. The maximum Gasteiger partial charge on any atom is 0.294 e. The fourth-order valence-corrected chi connectivity index (χ4v) is 3.19. The third kappa shape index (κ3) is 3.55. The molecular weight excluding hydrogens is 360 g/mol. The summed E-state index contributed by atoms with van der Waals surface area (Å²) in [6, 6.07) is 4.97. The maximum atomic E-state index is 11.2. The van der Waals surface area contributed by atoms with Crippen LogP contribution in [0.25, 0.3) is 0 Å². The molecule has 0 amide bonds. The molecule has 1 aromatic carbocycles. The van der Waals surface area contributed by atoms with Crippen molar-refractivity contribution in [1.29, 1.82) is 0 Å². The second kappa shape index (κ2) is 6.14. The van der Waals surface area contributed by atoms with Gasteiger partial charge in [0.1, 0.15) is 0 Å². The monoisotopic (exact) mass is 370 g/mol. The maximum absolute atomic E-state index is 11.2. The van der Waals surface area contributed by atoms with E-state index in [1.807, 2.05) is 6.07 Å². The van der Waals surface area contributed by atoms with Gasteiger partial charge in [0.05, 0.1) is 4.90 Å². The Morgan fingerprint density at radius 1 is 1.12 bits per heavy atom. The molecule has 0 heterocycles. The van der Waals surface area contributed by atoms with Crippen molar-refractivity contribution in [3.05, 3.63) is 29.3 Å². The third-order valence-electron chi connectivity index (χ3n) is 2.22. The summed E-state index contributed by atoms with van der Waals surface area (Å²) >= 11 is 6.61. The number of aryl methyl sites for hydroxylation is 1. The number of alkyl halides is 2. The minimum absolute atomic E-state index is 0.0189. The van der Waals surface area contributed by atoms with Crippen molar-refractivity contribution < 1.29 is 13.0 Å². The van der Waals surface area contributed by atoms with Gasteiger partial charge in [0.2, 0.25) is 0 Å². The molecule has 0 bridgehead atoms. The SMILES string of the molecule is O=S(=O)(O)c1cccc(CCBr)c1CCBr. The largest absolute Gasteiger partial charge is 0.294 e. The van der Waals surface area contributed by atoms with Crippen LogP contribution in [-0.4, -0.2) is 23.6 Å². The molecule has 16 heavy (non-hydrogen) atoms. The number of hydrogen-bond acceptors (Lipinski definition) is 2. The van der Waals surface area contributed by atoms with Crippen LogP contribution in [0.1, 0.15) is 11.1 Å². The fraction of sp³-hybridized carbons (Fsp3) is 0.400. The van der Waals surface area contributed by atoms with Crippen LogP contribution in [0.5, 0.6) is 0 Å². The normalized spacial score (nSPS) is 11.7. The Morgan fingerprint density at radius 3 is 2.25 bits per heavy atom. The molecule has 1 rings (SSSR count). The zero-order valence-electron chi connectivity index (χ0n) is 8.49. The Balaban J connectivity index is 3.32. The highest BCUT2D eigenvalue weighted by atomic mass is 79.9. The van der Waals surface area contributed by atoms with Crippen molar-refractivity contribution in [2.24, 2.45) is 0 Å². The zero-order valence-corrected chi connectivity index (χ0v) is 12.5. The van der Waals surface area contributed by atoms with Crippen molar-refractivity contribution in [3.8, 4) is 0 Å². The van der Waals surface area contributed by atoms with E-state index in [1.165, 1.54) is 6.07 Å². The summed E-state index contributed by atoms with van der Waals surface area (Å²) in [6.07, 6.45) is 1.32. The summed E-state index contributed by atoms with van der Waals surface area (Å²) in [5.41, 5.74) is 1.65. The van der Waals surface area contributed by atoms with Crippen molar-refractivity contribution in [2.75, 3.05) is 10.7 Å². The summed E-state index contributed by atoms with van der Waals surface area (Å²) in [4.78, 5) is 0.0189. The second-order valence-electron chi connectivity index (χ2n) is 3.25. The lowest BCUT2D eigenvalue weighted by molar-refractivity contribution is 0.482. The number of halogens is 2. The molecule has 1 N–H and O–H groups in total. The molecular formula is C10H12Br2O3S. The lowest BCUT2D eigenvalue weighted by Crippen LogP contribution is -2.07. The molecule has 3 nitrogen and oxygen atoms in total. The van der Waals surface area contributed by atoms with Gasteiger partial charge in [0, 0.05) is 10.7 Å². The second-order valence-corrected chi connectivity index (χ2v) is 6.22. The van der Waals surface area contributed by atoms with Gasteiger partial charge in [-0.2, -0.15) is 8.42 Å². The summed E-state index contributed by atoms with van der Waals surface area (Å²) in [5, 5.41) is 1.42. The van der Waals surface area contributed by atoms with Gasteiger partial charge < -0.3 is 0 Å². The molecule has 0 atom stereocenters. The molecule has 6 heteroatoms. The standard InChI is InChI=1S/C10H12Br2O3S/c11-6-4-8-2-1-3-10(16(13,14)15)9(8)5-7-12/h1-3H,4-7H2,(H,13,14,15). The topological polar surface area (TPSA) is 54.4 Å². The van der Waals surface area contributed by atoms with E-state index in [2.05, 4.69) is 31.9 Å². The molecule has 0 aromatic heterocycles. The Kier molecular flexibility index (Phi) is 5.43. The van der Waals surface area contributed by atoms with Gasteiger partial charge in [-0.25, -0.2) is 0 Å². The fourth-order valence-electron chi connectivity index (χ4n) is 1.57. The van der Waals surface area contributed by atoms with E-state index < -0.39 is 10.1 Å². The van der Waals surface area contributed by atoms with Gasteiger partial charge in [-0.3, -0.25) is 4.55 Å². The van der Waals surface area contributed by atoms with Crippen LogP contribution < -0.4 is 0 Å². The van der Waals surface area contributed by atoms with E-state index in [9.17, 15) is 8.42 Å². The highest BCUT2D eigenvalue weighted by molar-refractivity contribution is 9.09. The van der Waals surface area contributed by atoms with Crippen molar-refractivity contribution in [3.63, 3.8) is 0 Å². The molecule has 0 saturated carbocycles. The predicted octanol–water partition coefficient (Wildman–Crippen LogP) is 2.81. The first-order valence-electron chi connectivity index (χ1n) is 4.71. The zero-order chi connectivity index (χ0) is 12.2. The quantitative estimate of drug-likeness (QED) is 0.639. The van der Waals surface area contributed by atoms with E-state index >= 15 is 0 Å². The minimum atomic E-state index is -4.13. The van der Waals surface area contributed by atoms with E-state index in [4.69, 9.17) is 4.55 Å². The highest BCUT2D eigenvalue weighted by Crippen LogP contribution is 2.22. The highest BCUT2D eigenvalue weighted by Gasteiger charge is 2.17. The third-order valence-corrected chi connectivity index (χ3v) is 3.95. The molecule has 0 spiro atoms. The Labute approximate surface area is 112 Å². The minimum Gasteiger partial charge on any atom is -0.282 e. The number of hydrogen-bond donors (Lipinski definition) is 1. The Hall–Kier alpha value is 0.0900. The summed E-state index contributed by atoms with van der Waals surface area (Å²) in [5.74, 6) is 0. The average molecular weight is 372 g/mol. The molecule has 0 saturated heterocycles. The molecule has 1 aromatic rings. The summed E-state index contributed by atoms with van der Waals surface area (Å²) < 4.78 is 31.6. The lowest BCUT2D eigenvalue weighted by atomic mass is 10.0. The first-order valence-corrected chi connectivity index (χ1v) is 8.39. The van der Waals surface area contributed by atoms with Crippen LogP contribution in [0.2, 0.25) is 0 Å². The van der Waals surface area contributed by atoms with Gasteiger partial charge in [0.25, 0.3) is 10.1 Å². The summed E-state index contributed by atoms with van der Waals surface area (Å²) in [6.45, 7) is 0. The van der Waals surface area contributed by atoms with Gasteiger partial charge >= 0.3 is 0 Å². The Morgan fingerprint density at radius 2 is 1.75 bits per heavy atom. The molecule has 0 aliphatic rings. The molecule has 90 valence electrons. The summed E-state index contributed by atoms with van der Waals surface area (Å²) in [7, 11) is -4.13. The van der Waals surface area contributed by atoms with Crippen LogP contribution in [-0.2, 0) is 23.0 Å². The van der Waals surface area contributed by atoms with Gasteiger partial charge in [0.15, 0.2) is 0 Å². The predicted molar refractivity (Wildman–Crippen MR) is 71.3 cm³/mol. The van der Waals surface area contributed by atoms with Crippen LogP contribution in [0.15, 0.2) is 23.1 Å². The van der Waals surface area contributed by atoms with E-state index in [1.54, 1.807) is 6.07 Å². The number of rotatable bonds is 5. The van der Waals surface area contributed by atoms with Crippen LogP contribution in [0.4, 0.5) is 0 Å². The van der Waals surface area contributed by atoms with Crippen molar-refractivity contribution >= 4 is 42.0 Å². The molecule has 0 radical (unpaired) electrons. The van der Waals surface area contributed by atoms with Crippen LogP contribution >= 0.6 is 31.9 Å². The van der Waals surface area contributed by atoms with E-state index in [0.29, 0.717) is 17.3 Å². The first-order chi connectivity index (χ1) is 7.50. The van der Waals surface area contributed by atoms with Gasteiger partial charge in [-0.05, 0) is 30.0 Å². The molecule has 0 fully saturated rings.